The van der Waals surface area contributed by atoms with Crippen molar-refractivity contribution in [3.05, 3.63) is 53.5 Å². The second-order valence-electron chi connectivity index (χ2n) is 4.04. The van der Waals surface area contributed by atoms with Crippen LogP contribution in [0.2, 0.25) is 0 Å². The van der Waals surface area contributed by atoms with Crippen LogP contribution in [0.5, 0.6) is 0 Å². The first-order valence-electron chi connectivity index (χ1n) is 5.90. The number of hydrogen-bond donors (Lipinski definition) is 1. The van der Waals surface area contributed by atoms with Crippen molar-refractivity contribution >= 4 is 17.7 Å². The monoisotopic (exact) mass is 273 g/mol. The molecule has 0 bridgehead atoms. The molecule has 19 heavy (non-hydrogen) atoms. The van der Waals surface area contributed by atoms with Crippen LogP contribution in [0.1, 0.15) is 21.7 Å². The van der Waals surface area contributed by atoms with Gasteiger partial charge < -0.3 is 5.32 Å². The Bertz CT molecular complexity index is 586. The standard InChI is InChI=1S/C14H15N3OS/c1-10-4-3-5-12(17-10)9-16-14(18)11-6-7-15-13(8-11)19-2/h3-8H,9H2,1-2H3,(H,16,18). The van der Waals surface area contributed by atoms with E-state index in [0.29, 0.717) is 12.1 Å². The van der Waals surface area contributed by atoms with Gasteiger partial charge in [0.2, 0.25) is 0 Å². The SMILES string of the molecule is CSc1cc(C(=O)NCc2cccc(C)n2)ccn1. The largest absolute Gasteiger partial charge is 0.346 e. The molecule has 2 aromatic rings. The molecule has 2 heterocycles. The van der Waals surface area contributed by atoms with E-state index in [9.17, 15) is 4.79 Å². The first kappa shape index (κ1) is 13.5. The van der Waals surface area contributed by atoms with Crippen LogP contribution >= 0.6 is 11.8 Å². The van der Waals surface area contributed by atoms with E-state index in [2.05, 4.69) is 15.3 Å². The van der Waals surface area contributed by atoms with Gasteiger partial charge in [0, 0.05) is 17.5 Å². The number of nitrogens with one attached hydrogen (secondary N) is 1. The molecule has 0 unspecified atom stereocenters. The summed E-state index contributed by atoms with van der Waals surface area (Å²) >= 11 is 1.51. The van der Waals surface area contributed by atoms with Crippen LogP contribution in [0.15, 0.2) is 41.6 Å². The van der Waals surface area contributed by atoms with Crippen LogP contribution in [0.25, 0.3) is 0 Å². The Balaban J connectivity index is 2.01. The second-order valence-corrected chi connectivity index (χ2v) is 4.87. The lowest BCUT2D eigenvalue weighted by Crippen LogP contribution is -2.23. The van der Waals surface area contributed by atoms with Crippen molar-refractivity contribution in [2.24, 2.45) is 0 Å². The van der Waals surface area contributed by atoms with E-state index in [1.807, 2.05) is 31.4 Å². The number of hydrogen-bond acceptors (Lipinski definition) is 4. The van der Waals surface area contributed by atoms with Gasteiger partial charge in [-0.2, -0.15) is 0 Å². The van der Waals surface area contributed by atoms with Crippen LogP contribution in [0.3, 0.4) is 0 Å². The van der Waals surface area contributed by atoms with Crippen molar-refractivity contribution in [3.63, 3.8) is 0 Å². The average molecular weight is 273 g/mol. The van der Waals surface area contributed by atoms with Gasteiger partial charge in [-0.05, 0) is 37.4 Å². The van der Waals surface area contributed by atoms with Gasteiger partial charge in [-0.15, -0.1) is 11.8 Å². The van der Waals surface area contributed by atoms with E-state index in [4.69, 9.17) is 0 Å². The Morgan fingerprint density at radius 1 is 1.37 bits per heavy atom. The normalized spacial score (nSPS) is 10.2. The predicted octanol–water partition coefficient (Wildman–Crippen LogP) is 2.44. The molecule has 0 saturated heterocycles. The third-order valence-corrected chi connectivity index (χ3v) is 3.22. The molecular weight excluding hydrogens is 258 g/mol. The fourth-order valence-electron chi connectivity index (χ4n) is 1.63. The fraction of sp³-hybridized carbons (Fsp3) is 0.214. The molecule has 1 N–H and O–H groups in total. The van der Waals surface area contributed by atoms with Crippen molar-refractivity contribution in [1.29, 1.82) is 0 Å². The zero-order valence-electron chi connectivity index (χ0n) is 10.9. The molecule has 0 fully saturated rings. The Labute approximate surface area is 116 Å². The highest BCUT2D eigenvalue weighted by atomic mass is 32.2. The molecule has 0 aromatic carbocycles. The van der Waals surface area contributed by atoms with Crippen molar-refractivity contribution in [2.75, 3.05) is 6.26 Å². The molecule has 0 atom stereocenters. The summed E-state index contributed by atoms with van der Waals surface area (Å²) in [7, 11) is 0. The zero-order chi connectivity index (χ0) is 13.7. The van der Waals surface area contributed by atoms with E-state index in [1.54, 1.807) is 18.3 Å². The summed E-state index contributed by atoms with van der Waals surface area (Å²) in [5.74, 6) is -0.110. The van der Waals surface area contributed by atoms with Gasteiger partial charge >= 0.3 is 0 Å². The summed E-state index contributed by atoms with van der Waals surface area (Å²) in [6, 6.07) is 9.25. The summed E-state index contributed by atoms with van der Waals surface area (Å²) < 4.78 is 0. The number of nitrogens with zero attached hydrogens (tertiary/aromatic N) is 2. The highest BCUT2D eigenvalue weighted by molar-refractivity contribution is 7.98. The van der Waals surface area contributed by atoms with Crippen molar-refractivity contribution in [3.8, 4) is 0 Å². The van der Waals surface area contributed by atoms with Crippen molar-refractivity contribution in [1.82, 2.24) is 15.3 Å². The minimum absolute atomic E-state index is 0.110. The molecule has 0 radical (unpaired) electrons. The van der Waals surface area contributed by atoms with Gasteiger partial charge in [0.1, 0.15) is 0 Å². The Kier molecular flexibility index (Phi) is 4.52. The van der Waals surface area contributed by atoms with Gasteiger partial charge in [0.25, 0.3) is 5.91 Å². The molecule has 0 aliphatic carbocycles. The number of aryl methyl sites for hydroxylation is 1. The van der Waals surface area contributed by atoms with E-state index in [1.165, 1.54) is 11.8 Å². The molecule has 98 valence electrons. The maximum Gasteiger partial charge on any atom is 0.251 e. The van der Waals surface area contributed by atoms with Crippen LogP contribution < -0.4 is 5.32 Å². The van der Waals surface area contributed by atoms with Crippen LogP contribution in [-0.2, 0) is 6.54 Å². The molecule has 2 rings (SSSR count). The van der Waals surface area contributed by atoms with Gasteiger partial charge in [0.15, 0.2) is 0 Å². The van der Waals surface area contributed by atoms with Crippen LogP contribution in [0.4, 0.5) is 0 Å². The number of amides is 1. The highest BCUT2D eigenvalue weighted by Gasteiger charge is 2.06. The van der Waals surface area contributed by atoms with E-state index in [0.717, 1.165) is 16.4 Å². The summed E-state index contributed by atoms with van der Waals surface area (Å²) in [6.45, 7) is 2.36. The number of pyridine rings is 2. The number of carbonyl (C=O) groups is 1. The third kappa shape index (κ3) is 3.79. The average Bonchev–Trinajstić information content (AvgIpc) is 2.45. The molecule has 2 aromatic heterocycles. The van der Waals surface area contributed by atoms with Crippen molar-refractivity contribution in [2.45, 2.75) is 18.5 Å². The van der Waals surface area contributed by atoms with Gasteiger partial charge in [-0.3, -0.25) is 9.78 Å². The lowest BCUT2D eigenvalue weighted by Gasteiger charge is -2.06. The topological polar surface area (TPSA) is 54.9 Å². The lowest BCUT2D eigenvalue weighted by molar-refractivity contribution is 0.0950. The van der Waals surface area contributed by atoms with E-state index < -0.39 is 0 Å². The number of aromatic nitrogens is 2. The quantitative estimate of drug-likeness (QED) is 0.869. The molecule has 0 aliphatic heterocycles. The van der Waals surface area contributed by atoms with Gasteiger partial charge in [-0.25, -0.2) is 4.98 Å². The summed E-state index contributed by atoms with van der Waals surface area (Å²) in [4.78, 5) is 20.5. The maximum absolute atomic E-state index is 12.0. The van der Waals surface area contributed by atoms with Gasteiger partial charge in [-0.1, -0.05) is 6.07 Å². The number of thioether (sulfide) groups is 1. The minimum Gasteiger partial charge on any atom is -0.346 e. The Morgan fingerprint density at radius 3 is 2.95 bits per heavy atom. The number of rotatable bonds is 4. The van der Waals surface area contributed by atoms with E-state index in [-0.39, 0.29) is 5.91 Å². The molecule has 5 heteroatoms. The van der Waals surface area contributed by atoms with Crippen LogP contribution in [-0.4, -0.2) is 22.1 Å². The first-order valence-corrected chi connectivity index (χ1v) is 7.12. The number of carbonyl (C=O) groups excluding carboxylic acids is 1. The minimum atomic E-state index is -0.110. The maximum atomic E-state index is 12.0. The molecule has 0 saturated carbocycles. The van der Waals surface area contributed by atoms with Crippen LogP contribution in [0, 0.1) is 6.92 Å². The van der Waals surface area contributed by atoms with Crippen molar-refractivity contribution < 1.29 is 4.79 Å². The molecule has 0 spiro atoms. The lowest BCUT2D eigenvalue weighted by atomic mass is 10.2. The summed E-state index contributed by atoms with van der Waals surface area (Å²) in [5, 5.41) is 3.69. The Morgan fingerprint density at radius 2 is 2.21 bits per heavy atom. The summed E-state index contributed by atoms with van der Waals surface area (Å²) in [6.07, 6.45) is 3.58. The summed E-state index contributed by atoms with van der Waals surface area (Å²) in [5.41, 5.74) is 2.42. The second kappa shape index (κ2) is 6.33. The van der Waals surface area contributed by atoms with Gasteiger partial charge in [0.05, 0.1) is 17.3 Å². The smallest absolute Gasteiger partial charge is 0.251 e. The molecule has 4 nitrogen and oxygen atoms in total. The fourth-order valence-corrected chi connectivity index (χ4v) is 2.04. The molecular formula is C14H15N3OS. The first-order chi connectivity index (χ1) is 9.19. The zero-order valence-corrected chi connectivity index (χ0v) is 11.7. The Hall–Kier alpha value is -1.88. The molecule has 1 amide bonds. The van der Waals surface area contributed by atoms with E-state index >= 15 is 0 Å². The third-order valence-electron chi connectivity index (χ3n) is 2.58. The highest BCUT2D eigenvalue weighted by Crippen LogP contribution is 2.12. The molecule has 0 aliphatic rings. The predicted molar refractivity (Wildman–Crippen MR) is 76.2 cm³/mol.